The van der Waals surface area contributed by atoms with Crippen molar-refractivity contribution in [1.29, 1.82) is 0 Å². The first kappa shape index (κ1) is 15.5. The van der Waals surface area contributed by atoms with Crippen molar-refractivity contribution < 1.29 is 19.0 Å². The summed E-state index contributed by atoms with van der Waals surface area (Å²) in [5.74, 6) is 1.85. The van der Waals surface area contributed by atoms with Crippen LogP contribution < -0.4 is 14.2 Å². The van der Waals surface area contributed by atoms with E-state index >= 15 is 0 Å². The Morgan fingerprint density at radius 3 is 2.14 bits per heavy atom. The van der Waals surface area contributed by atoms with Gasteiger partial charge in [0.05, 0.1) is 14.2 Å². The molecular formula is C16H23NO4. The first-order chi connectivity index (χ1) is 10.1. The van der Waals surface area contributed by atoms with Crippen LogP contribution in [0.4, 0.5) is 0 Å². The van der Waals surface area contributed by atoms with Gasteiger partial charge in [-0.2, -0.15) is 0 Å². The van der Waals surface area contributed by atoms with E-state index < -0.39 is 0 Å². The Bertz CT molecular complexity index is 461. The summed E-state index contributed by atoms with van der Waals surface area (Å²) in [6.07, 6.45) is 4.59. The minimum absolute atomic E-state index is 0.00341. The molecule has 0 aliphatic heterocycles. The maximum atomic E-state index is 12.2. The van der Waals surface area contributed by atoms with Gasteiger partial charge in [0.25, 0.3) is 5.91 Å². The van der Waals surface area contributed by atoms with Crippen molar-refractivity contribution in [3.05, 3.63) is 18.2 Å². The molecule has 2 rings (SSSR count). The SMILES string of the molecule is COc1cc(OC)cc(OCC(=O)N(C)C2CCCC2)c1. The van der Waals surface area contributed by atoms with Gasteiger partial charge in [0.2, 0.25) is 0 Å². The van der Waals surface area contributed by atoms with Crippen LogP contribution >= 0.6 is 0 Å². The topological polar surface area (TPSA) is 48.0 Å². The molecule has 116 valence electrons. The zero-order valence-corrected chi connectivity index (χ0v) is 12.9. The average Bonchev–Trinajstić information content (AvgIpc) is 3.05. The van der Waals surface area contributed by atoms with Crippen molar-refractivity contribution >= 4 is 5.91 Å². The fraction of sp³-hybridized carbons (Fsp3) is 0.562. The first-order valence-electron chi connectivity index (χ1n) is 7.25. The number of carbonyl (C=O) groups is 1. The molecule has 0 saturated heterocycles. The molecule has 21 heavy (non-hydrogen) atoms. The fourth-order valence-electron chi connectivity index (χ4n) is 2.61. The molecule has 0 radical (unpaired) electrons. The Morgan fingerprint density at radius 1 is 1.10 bits per heavy atom. The van der Waals surface area contributed by atoms with Crippen molar-refractivity contribution in [1.82, 2.24) is 4.90 Å². The van der Waals surface area contributed by atoms with Gasteiger partial charge in [0, 0.05) is 31.3 Å². The second-order valence-electron chi connectivity index (χ2n) is 5.28. The van der Waals surface area contributed by atoms with E-state index in [1.165, 1.54) is 12.8 Å². The monoisotopic (exact) mass is 293 g/mol. The molecule has 1 saturated carbocycles. The van der Waals surface area contributed by atoms with Gasteiger partial charge in [-0.05, 0) is 12.8 Å². The molecule has 1 aliphatic rings. The first-order valence-corrected chi connectivity index (χ1v) is 7.25. The third-order valence-corrected chi connectivity index (χ3v) is 3.95. The number of carbonyl (C=O) groups excluding carboxylic acids is 1. The standard InChI is InChI=1S/C16H23NO4/c1-17(12-6-4-5-7-12)16(18)11-21-15-9-13(19-2)8-14(10-15)20-3/h8-10,12H,4-7,11H2,1-3H3. The highest BCUT2D eigenvalue weighted by atomic mass is 16.5. The number of likely N-dealkylation sites (N-methyl/N-ethyl adjacent to an activating group) is 1. The van der Waals surface area contributed by atoms with E-state index in [1.807, 2.05) is 11.9 Å². The average molecular weight is 293 g/mol. The second kappa shape index (κ2) is 7.20. The van der Waals surface area contributed by atoms with Crippen LogP contribution in [-0.2, 0) is 4.79 Å². The summed E-state index contributed by atoms with van der Waals surface area (Å²) in [5, 5.41) is 0. The highest BCUT2D eigenvalue weighted by Crippen LogP contribution is 2.27. The van der Waals surface area contributed by atoms with Gasteiger partial charge in [-0.25, -0.2) is 0 Å². The van der Waals surface area contributed by atoms with E-state index in [0.29, 0.717) is 23.3 Å². The lowest BCUT2D eigenvalue weighted by molar-refractivity contribution is -0.134. The summed E-state index contributed by atoms with van der Waals surface area (Å²) in [4.78, 5) is 14.0. The summed E-state index contributed by atoms with van der Waals surface area (Å²) in [5.41, 5.74) is 0. The van der Waals surface area contributed by atoms with Gasteiger partial charge in [-0.1, -0.05) is 12.8 Å². The van der Waals surface area contributed by atoms with E-state index in [4.69, 9.17) is 14.2 Å². The molecule has 5 heteroatoms. The fourth-order valence-corrected chi connectivity index (χ4v) is 2.61. The molecule has 0 aromatic heterocycles. The van der Waals surface area contributed by atoms with Crippen LogP contribution in [0.2, 0.25) is 0 Å². The van der Waals surface area contributed by atoms with Crippen LogP contribution in [0.5, 0.6) is 17.2 Å². The number of nitrogens with zero attached hydrogens (tertiary/aromatic N) is 1. The molecule has 0 heterocycles. The molecule has 5 nitrogen and oxygen atoms in total. The van der Waals surface area contributed by atoms with Gasteiger partial charge >= 0.3 is 0 Å². The van der Waals surface area contributed by atoms with E-state index in [0.717, 1.165) is 12.8 Å². The zero-order chi connectivity index (χ0) is 15.2. The molecule has 1 aliphatic carbocycles. The molecule has 0 bridgehead atoms. The molecule has 0 unspecified atom stereocenters. The van der Waals surface area contributed by atoms with Crippen LogP contribution in [0.25, 0.3) is 0 Å². The van der Waals surface area contributed by atoms with Gasteiger partial charge in [-0.15, -0.1) is 0 Å². The summed E-state index contributed by atoms with van der Waals surface area (Å²) in [7, 11) is 5.02. The highest BCUT2D eigenvalue weighted by Gasteiger charge is 2.23. The number of methoxy groups -OCH3 is 2. The van der Waals surface area contributed by atoms with E-state index in [9.17, 15) is 4.79 Å². The summed E-state index contributed by atoms with van der Waals surface area (Å²) in [6.45, 7) is 0.0311. The van der Waals surface area contributed by atoms with Crippen LogP contribution in [0.3, 0.4) is 0 Å². The van der Waals surface area contributed by atoms with Crippen LogP contribution in [0, 0.1) is 0 Å². The van der Waals surface area contributed by atoms with Crippen LogP contribution in [-0.4, -0.2) is 44.7 Å². The van der Waals surface area contributed by atoms with Crippen molar-refractivity contribution in [3.8, 4) is 17.2 Å². The lowest BCUT2D eigenvalue weighted by atomic mass is 10.2. The Labute approximate surface area is 125 Å². The molecule has 1 aromatic carbocycles. The van der Waals surface area contributed by atoms with Gasteiger partial charge in [0.15, 0.2) is 6.61 Å². The molecule has 0 N–H and O–H groups in total. The predicted molar refractivity (Wildman–Crippen MR) is 80.1 cm³/mol. The van der Waals surface area contributed by atoms with Crippen molar-refractivity contribution in [2.75, 3.05) is 27.9 Å². The minimum Gasteiger partial charge on any atom is -0.496 e. The summed E-state index contributed by atoms with van der Waals surface area (Å²) < 4.78 is 15.9. The summed E-state index contributed by atoms with van der Waals surface area (Å²) >= 11 is 0. The molecule has 1 aromatic rings. The third kappa shape index (κ3) is 4.03. The number of amides is 1. The van der Waals surface area contributed by atoms with Crippen molar-refractivity contribution in [2.24, 2.45) is 0 Å². The maximum Gasteiger partial charge on any atom is 0.260 e. The number of benzene rings is 1. The van der Waals surface area contributed by atoms with Crippen molar-refractivity contribution in [2.45, 2.75) is 31.7 Å². The number of rotatable bonds is 6. The molecule has 1 fully saturated rings. The molecule has 0 atom stereocenters. The lowest BCUT2D eigenvalue weighted by Gasteiger charge is -2.24. The Hall–Kier alpha value is -1.91. The molecule has 1 amide bonds. The van der Waals surface area contributed by atoms with E-state index in [2.05, 4.69) is 0 Å². The molecule has 0 spiro atoms. The largest absolute Gasteiger partial charge is 0.496 e. The Balaban J connectivity index is 1.93. The minimum atomic E-state index is 0.00341. The Kier molecular flexibility index (Phi) is 5.31. The normalized spacial score (nSPS) is 14.8. The second-order valence-corrected chi connectivity index (χ2v) is 5.28. The van der Waals surface area contributed by atoms with Crippen LogP contribution in [0.15, 0.2) is 18.2 Å². The number of hydrogen-bond acceptors (Lipinski definition) is 4. The quantitative estimate of drug-likeness (QED) is 0.808. The number of ether oxygens (including phenoxy) is 3. The maximum absolute atomic E-state index is 12.2. The zero-order valence-electron chi connectivity index (χ0n) is 12.9. The van der Waals surface area contributed by atoms with Gasteiger partial charge in [0.1, 0.15) is 17.2 Å². The van der Waals surface area contributed by atoms with E-state index in [1.54, 1.807) is 32.4 Å². The third-order valence-electron chi connectivity index (χ3n) is 3.95. The lowest BCUT2D eigenvalue weighted by Crippen LogP contribution is -2.38. The smallest absolute Gasteiger partial charge is 0.260 e. The van der Waals surface area contributed by atoms with Gasteiger partial charge < -0.3 is 19.1 Å². The summed E-state index contributed by atoms with van der Waals surface area (Å²) in [6, 6.07) is 5.61. The Morgan fingerprint density at radius 2 is 1.62 bits per heavy atom. The van der Waals surface area contributed by atoms with E-state index in [-0.39, 0.29) is 12.5 Å². The highest BCUT2D eigenvalue weighted by molar-refractivity contribution is 5.77. The molecular weight excluding hydrogens is 270 g/mol. The predicted octanol–water partition coefficient (Wildman–Crippen LogP) is 2.48. The van der Waals surface area contributed by atoms with Crippen LogP contribution in [0.1, 0.15) is 25.7 Å². The van der Waals surface area contributed by atoms with Crippen molar-refractivity contribution in [3.63, 3.8) is 0 Å². The number of hydrogen-bond donors (Lipinski definition) is 0. The van der Waals surface area contributed by atoms with Gasteiger partial charge in [-0.3, -0.25) is 4.79 Å².